The monoisotopic (exact) mass is 451 g/mol. The molecule has 0 heterocycles. The Labute approximate surface area is 198 Å². The standard InChI is InChI=1S/C29H25NO4/c1-20-4-12-24(13-5-20)29(25-14-6-21(2)7-15-25,26-16-8-22(3)9-17-26)34-28(31)23-10-18-27(19-11-23)30(32)33/h4-19H,1-3H3. The zero-order valence-electron chi connectivity index (χ0n) is 19.3. The van der Waals surface area contributed by atoms with Crippen molar-refractivity contribution in [3.8, 4) is 0 Å². The minimum absolute atomic E-state index is 0.0848. The molecule has 0 aromatic heterocycles. The number of nitrogens with zero attached hydrogens (tertiary/aromatic N) is 1. The molecule has 0 aliphatic carbocycles. The van der Waals surface area contributed by atoms with E-state index < -0.39 is 16.5 Å². The normalized spacial score (nSPS) is 11.1. The van der Waals surface area contributed by atoms with E-state index in [0.29, 0.717) is 0 Å². The van der Waals surface area contributed by atoms with Crippen LogP contribution < -0.4 is 0 Å². The zero-order valence-corrected chi connectivity index (χ0v) is 19.3. The quantitative estimate of drug-likeness (QED) is 0.142. The van der Waals surface area contributed by atoms with Crippen LogP contribution in [-0.2, 0) is 10.3 Å². The second kappa shape index (κ2) is 9.32. The van der Waals surface area contributed by atoms with Crippen LogP contribution in [0, 0.1) is 30.9 Å². The number of hydrogen-bond acceptors (Lipinski definition) is 4. The van der Waals surface area contributed by atoms with E-state index in [-0.39, 0.29) is 11.3 Å². The first kappa shape index (κ1) is 22.9. The highest BCUT2D eigenvalue weighted by molar-refractivity contribution is 5.90. The smallest absolute Gasteiger partial charge is 0.339 e. The van der Waals surface area contributed by atoms with E-state index in [9.17, 15) is 14.9 Å². The third kappa shape index (κ3) is 4.46. The number of nitro groups is 1. The number of esters is 1. The Kier molecular flexibility index (Phi) is 6.28. The number of benzene rings is 4. The molecule has 4 aromatic carbocycles. The van der Waals surface area contributed by atoms with Gasteiger partial charge in [0.25, 0.3) is 5.69 Å². The Morgan fingerprint density at radius 2 is 1.00 bits per heavy atom. The van der Waals surface area contributed by atoms with Crippen LogP contribution in [0.25, 0.3) is 0 Å². The van der Waals surface area contributed by atoms with E-state index in [1.54, 1.807) is 0 Å². The Morgan fingerprint density at radius 3 is 1.32 bits per heavy atom. The molecule has 0 aliphatic heterocycles. The fourth-order valence-electron chi connectivity index (χ4n) is 3.96. The molecule has 4 rings (SSSR count). The van der Waals surface area contributed by atoms with Crippen LogP contribution in [0.15, 0.2) is 97.1 Å². The predicted molar refractivity (Wildman–Crippen MR) is 132 cm³/mol. The van der Waals surface area contributed by atoms with Crippen LogP contribution in [-0.4, -0.2) is 10.9 Å². The van der Waals surface area contributed by atoms with Crippen molar-refractivity contribution in [2.24, 2.45) is 0 Å². The average Bonchev–Trinajstić information content (AvgIpc) is 2.84. The van der Waals surface area contributed by atoms with E-state index >= 15 is 0 Å². The predicted octanol–water partition coefficient (Wildman–Crippen LogP) is 6.67. The van der Waals surface area contributed by atoms with Crippen molar-refractivity contribution in [2.75, 3.05) is 0 Å². The van der Waals surface area contributed by atoms with E-state index in [4.69, 9.17) is 4.74 Å². The van der Waals surface area contributed by atoms with Crippen molar-refractivity contribution < 1.29 is 14.5 Å². The second-order valence-corrected chi connectivity index (χ2v) is 8.47. The molecule has 0 atom stereocenters. The summed E-state index contributed by atoms with van der Waals surface area (Å²) >= 11 is 0. The molecule has 0 spiro atoms. The fraction of sp³-hybridized carbons (Fsp3) is 0.138. The third-order valence-corrected chi connectivity index (χ3v) is 5.93. The SMILES string of the molecule is Cc1ccc(C(OC(=O)c2ccc([N+](=O)[O-])cc2)(c2ccc(C)cc2)c2ccc(C)cc2)cc1. The minimum atomic E-state index is -1.21. The number of hydrogen-bond donors (Lipinski definition) is 0. The van der Waals surface area contributed by atoms with Crippen molar-refractivity contribution >= 4 is 11.7 Å². The summed E-state index contributed by atoms with van der Waals surface area (Å²) in [5, 5.41) is 11.0. The zero-order chi connectivity index (χ0) is 24.3. The first-order valence-electron chi connectivity index (χ1n) is 11.0. The van der Waals surface area contributed by atoms with Crippen LogP contribution >= 0.6 is 0 Å². The van der Waals surface area contributed by atoms with Gasteiger partial charge in [-0.15, -0.1) is 0 Å². The molecule has 0 saturated carbocycles. The molecule has 0 unspecified atom stereocenters. The molecule has 0 radical (unpaired) electrons. The Balaban J connectivity index is 1.92. The molecule has 4 aromatic rings. The second-order valence-electron chi connectivity index (χ2n) is 8.47. The van der Waals surface area contributed by atoms with Crippen molar-refractivity contribution in [2.45, 2.75) is 26.4 Å². The van der Waals surface area contributed by atoms with Gasteiger partial charge in [-0.2, -0.15) is 0 Å². The average molecular weight is 452 g/mol. The Bertz CT molecular complexity index is 1200. The molecule has 0 fully saturated rings. The van der Waals surface area contributed by atoms with E-state index in [1.807, 2.05) is 93.6 Å². The van der Waals surface area contributed by atoms with Gasteiger partial charge in [-0.05, 0) is 32.9 Å². The highest BCUT2D eigenvalue weighted by Gasteiger charge is 2.41. The van der Waals surface area contributed by atoms with E-state index in [1.165, 1.54) is 24.3 Å². The van der Waals surface area contributed by atoms with Gasteiger partial charge in [0.05, 0.1) is 10.5 Å². The summed E-state index contributed by atoms with van der Waals surface area (Å²) in [5.74, 6) is -0.573. The van der Waals surface area contributed by atoms with Crippen molar-refractivity contribution in [1.29, 1.82) is 0 Å². The summed E-state index contributed by atoms with van der Waals surface area (Å²) in [5.41, 5.74) is 4.63. The molecule has 0 N–H and O–H groups in total. The van der Waals surface area contributed by atoms with Crippen LogP contribution in [0.4, 0.5) is 5.69 Å². The molecule has 5 heteroatoms. The van der Waals surface area contributed by atoms with Gasteiger partial charge < -0.3 is 4.74 Å². The van der Waals surface area contributed by atoms with Gasteiger partial charge >= 0.3 is 5.97 Å². The molecule has 0 saturated heterocycles. The Morgan fingerprint density at radius 1 is 0.647 bits per heavy atom. The van der Waals surface area contributed by atoms with Gasteiger partial charge in [-0.3, -0.25) is 10.1 Å². The first-order valence-corrected chi connectivity index (χ1v) is 11.0. The lowest BCUT2D eigenvalue weighted by atomic mass is 9.79. The first-order chi connectivity index (χ1) is 16.3. The largest absolute Gasteiger partial charge is 0.441 e. The summed E-state index contributed by atoms with van der Waals surface area (Å²) < 4.78 is 6.39. The molecular weight excluding hydrogens is 426 g/mol. The number of nitro benzene ring substituents is 1. The maximum absolute atomic E-state index is 13.5. The number of aryl methyl sites for hydroxylation is 3. The molecule has 5 nitrogen and oxygen atoms in total. The lowest BCUT2D eigenvalue weighted by molar-refractivity contribution is -0.384. The molecule has 0 amide bonds. The van der Waals surface area contributed by atoms with Crippen molar-refractivity contribution in [1.82, 2.24) is 0 Å². The lowest BCUT2D eigenvalue weighted by Crippen LogP contribution is -2.35. The lowest BCUT2D eigenvalue weighted by Gasteiger charge is -2.35. The number of ether oxygens (including phenoxy) is 1. The van der Waals surface area contributed by atoms with Crippen LogP contribution in [0.2, 0.25) is 0 Å². The summed E-state index contributed by atoms with van der Waals surface area (Å²) in [6.07, 6.45) is 0. The topological polar surface area (TPSA) is 69.4 Å². The van der Waals surface area contributed by atoms with Crippen LogP contribution in [0.1, 0.15) is 43.7 Å². The van der Waals surface area contributed by atoms with Crippen molar-refractivity contribution in [3.63, 3.8) is 0 Å². The van der Waals surface area contributed by atoms with Gasteiger partial charge in [0.2, 0.25) is 0 Å². The molecular formula is C29H25NO4. The molecule has 0 aliphatic rings. The number of carbonyl (C=O) groups is 1. The number of non-ortho nitro benzene ring substituents is 1. The summed E-state index contributed by atoms with van der Waals surface area (Å²) in [6, 6.07) is 29.2. The highest BCUT2D eigenvalue weighted by atomic mass is 16.6. The summed E-state index contributed by atoms with van der Waals surface area (Å²) in [6.45, 7) is 6.02. The Hall–Kier alpha value is -4.25. The van der Waals surface area contributed by atoms with E-state index in [0.717, 1.165) is 33.4 Å². The minimum Gasteiger partial charge on any atom is -0.441 e. The summed E-state index contributed by atoms with van der Waals surface area (Å²) in [7, 11) is 0. The van der Waals surface area contributed by atoms with Gasteiger partial charge in [-0.25, -0.2) is 4.79 Å². The number of carbonyl (C=O) groups excluding carboxylic acids is 1. The maximum Gasteiger partial charge on any atom is 0.339 e. The van der Waals surface area contributed by atoms with Gasteiger partial charge in [0.1, 0.15) is 0 Å². The van der Waals surface area contributed by atoms with Crippen LogP contribution in [0.3, 0.4) is 0 Å². The molecule has 170 valence electrons. The van der Waals surface area contributed by atoms with Gasteiger partial charge in [-0.1, -0.05) is 89.5 Å². The van der Waals surface area contributed by atoms with Crippen LogP contribution in [0.5, 0.6) is 0 Å². The maximum atomic E-state index is 13.5. The highest BCUT2D eigenvalue weighted by Crippen LogP contribution is 2.41. The third-order valence-electron chi connectivity index (χ3n) is 5.93. The number of rotatable bonds is 6. The van der Waals surface area contributed by atoms with Crippen molar-refractivity contribution in [3.05, 3.63) is 146 Å². The fourth-order valence-corrected chi connectivity index (χ4v) is 3.96. The summed E-state index contributed by atoms with van der Waals surface area (Å²) in [4.78, 5) is 24.0. The van der Waals surface area contributed by atoms with Gasteiger partial charge in [0.15, 0.2) is 5.60 Å². The van der Waals surface area contributed by atoms with Gasteiger partial charge in [0, 0.05) is 28.8 Å². The van der Waals surface area contributed by atoms with E-state index in [2.05, 4.69) is 0 Å². The molecule has 0 bridgehead atoms. The molecule has 34 heavy (non-hydrogen) atoms.